The summed E-state index contributed by atoms with van der Waals surface area (Å²) in [4.78, 5) is 38.7. The highest BCUT2D eigenvalue weighted by atomic mass is 16.7. The summed E-state index contributed by atoms with van der Waals surface area (Å²) in [5, 5.41) is 31.9. The molecule has 46 heavy (non-hydrogen) atoms. The van der Waals surface area contributed by atoms with Gasteiger partial charge in [0.15, 0.2) is 6.29 Å². The summed E-state index contributed by atoms with van der Waals surface area (Å²) in [7, 11) is 0. The van der Waals surface area contributed by atoms with Gasteiger partial charge in [0.25, 0.3) is 5.69 Å². The van der Waals surface area contributed by atoms with Gasteiger partial charge in [-0.25, -0.2) is 5.48 Å². The van der Waals surface area contributed by atoms with Crippen LogP contribution in [0.1, 0.15) is 54.8 Å². The van der Waals surface area contributed by atoms with E-state index in [1.54, 1.807) is 29.7 Å². The summed E-state index contributed by atoms with van der Waals surface area (Å²) in [6.45, 7) is 3.89. The van der Waals surface area contributed by atoms with Crippen LogP contribution in [0.2, 0.25) is 0 Å². The number of anilines is 2. The van der Waals surface area contributed by atoms with E-state index in [1.807, 2.05) is 36.4 Å². The molecule has 4 N–H and O–H groups in total. The first-order chi connectivity index (χ1) is 22.3. The third-order valence-corrected chi connectivity index (χ3v) is 8.27. The Balaban J connectivity index is 1.21. The number of nitrogens with one attached hydrogen (secondary N) is 2. The lowest BCUT2D eigenvalue weighted by Crippen LogP contribution is -2.49. The number of piperazine rings is 1. The van der Waals surface area contributed by atoms with Crippen molar-refractivity contribution >= 4 is 28.9 Å². The monoisotopic (exact) mass is 633 g/mol. The second kappa shape index (κ2) is 15.7. The Bertz CT molecular complexity index is 1460. The van der Waals surface area contributed by atoms with Crippen molar-refractivity contribution in [3.63, 3.8) is 0 Å². The Morgan fingerprint density at radius 2 is 1.52 bits per heavy atom. The number of hydroxylamine groups is 1. The predicted octanol–water partition coefficient (Wildman–Crippen LogP) is 4.07. The second-order valence-corrected chi connectivity index (χ2v) is 11.5. The first-order valence-electron chi connectivity index (χ1n) is 15.4. The zero-order valence-corrected chi connectivity index (χ0v) is 25.4. The number of benzene rings is 3. The van der Waals surface area contributed by atoms with Crippen LogP contribution in [0.5, 0.6) is 0 Å². The van der Waals surface area contributed by atoms with Gasteiger partial charge in [-0.2, -0.15) is 0 Å². The molecule has 2 heterocycles. The van der Waals surface area contributed by atoms with Gasteiger partial charge in [-0.15, -0.1) is 0 Å². The maximum absolute atomic E-state index is 12.3. The molecule has 244 valence electrons. The van der Waals surface area contributed by atoms with Crippen molar-refractivity contribution in [3.05, 3.63) is 99.6 Å². The summed E-state index contributed by atoms with van der Waals surface area (Å²) in [6.07, 6.45) is 0.180. The molecular weight excluding hydrogens is 594 g/mol. The van der Waals surface area contributed by atoms with Crippen molar-refractivity contribution in [2.45, 2.75) is 50.8 Å². The van der Waals surface area contributed by atoms with E-state index in [4.69, 9.17) is 14.7 Å². The molecule has 0 aliphatic carbocycles. The van der Waals surface area contributed by atoms with Crippen molar-refractivity contribution in [1.82, 2.24) is 10.4 Å². The first kappa shape index (κ1) is 33.0. The molecule has 13 nitrogen and oxygen atoms in total. The van der Waals surface area contributed by atoms with Crippen LogP contribution >= 0.6 is 0 Å². The number of amides is 2. The molecule has 2 amide bonds. The Morgan fingerprint density at radius 3 is 2.15 bits per heavy atom. The number of carbonyl (C=O) groups is 2. The van der Waals surface area contributed by atoms with E-state index in [0.717, 1.165) is 48.6 Å². The molecule has 0 radical (unpaired) electrons. The average Bonchev–Trinajstić information content (AvgIpc) is 3.08. The molecule has 2 saturated heterocycles. The Kier molecular flexibility index (Phi) is 11.3. The van der Waals surface area contributed by atoms with Crippen LogP contribution in [-0.2, 0) is 25.7 Å². The number of nitro groups is 1. The Labute approximate surface area is 266 Å². The van der Waals surface area contributed by atoms with Crippen LogP contribution in [-0.4, -0.2) is 70.8 Å². The van der Waals surface area contributed by atoms with Crippen molar-refractivity contribution in [3.8, 4) is 0 Å². The molecule has 3 aromatic rings. The topological polar surface area (TPSA) is 167 Å². The number of non-ortho nitro benzene ring substituents is 1. The van der Waals surface area contributed by atoms with Gasteiger partial charge >= 0.3 is 0 Å². The van der Waals surface area contributed by atoms with Gasteiger partial charge in [-0.05, 0) is 41.8 Å². The lowest BCUT2D eigenvalue weighted by molar-refractivity contribution is -0.384. The number of ether oxygens (including phenoxy) is 2. The minimum Gasteiger partial charge on any atom is -0.392 e. The molecule has 0 aromatic heterocycles. The van der Waals surface area contributed by atoms with Crippen molar-refractivity contribution in [2.75, 3.05) is 42.9 Å². The molecule has 3 atom stereocenters. The van der Waals surface area contributed by atoms with Gasteiger partial charge < -0.3 is 24.8 Å². The Hall–Kier alpha value is -4.40. The average molecular weight is 634 g/mol. The SMILES string of the molecule is O=C(CCCC(=O)Nc1ccc(C2OC(CN3CCN(c4ccc([N+](=O)[O-])cc4)CC3)CC(c3ccc(CO)cc3)O2)cc1)NO. The molecule has 2 aliphatic rings. The number of hydrogen-bond acceptors (Lipinski definition) is 10. The zero-order valence-electron chi connectivity index (χ0n) is 25.4. The zero-order chi connectivity index (χ0) is 32.5. The van der Waals surface area contributed by atoms with E-state index in [0.29, 0.717) is 25.1 Å². The number of aliphatic hydroxyl groups excluding tert-OH is 1. The fourth-order valence-corrected chi connectivity index (χ4v) is 5.71. The second-order valence-electron chi connectivity index (χ2n) is 11.5. The van der Waals surface area contributed by atoms with E-state index < -0.39 is 17.1 Å². The molecule has 0 saturated carbocycles. The highest BCUT2D eigenvalue weighted by molar-refractivity contribution is 5.91. The standard InChI is InChI=1S/C33H39N5O8/c39-22-23-4-6-24(7-5-23)30-20-29(21-36-16-18-37(19-17-36)27-12-14-28(15-13-27)38(43)44)45-33(46-30)25-8-10-26(11-9-25)34-31(40)2-1-3-32(41)35-42/h4-15,29-30,33,39,42H,1-3,16-22H2,(H,34,40)(H,35,41). The molecular formula is C33H39N5O8. The molecule has 0 spiro atoms. The molecule has 2 aliphatic heterocycles. The van der Waals surface area contributed by atoms with Crippen molar-refractivity contribution < 1.29 is 34.3 Å². The quantitative estimate of drug-likeness (QED) is 0.130. The highest BCUT2D eigenvalue weighted by Crippen LogP contribution is 2.38. The molecule has 13 heteroatoms. The van der Waals surface area contributed by atoms with Crippen LogP contribution < -0.4 is 15.7 Å². The third kappa shape index (κ3) is 8.86. The van der Waals surface area contributed by atoms with Gasteiger partial charge in [-0.1, -0.05) is 36.4 Å². The van der Waals surface area contributed by atoms with E-state index in [9.17, 15) is 24.8 Å². The predicted molar refractivity (Wildman–Crippen MR) is 169 cm³/mol. The number of carbonyl (C=O) groups excluding carboxylic acids is 2. The van der Waals surface area contributed by atoms with Crippen molar-refractivity contribution in [2.24, 2.45) is 0 Å². The van der Waals surface area contributed by atoms with Gasteiger partial charge in [0.1, 0.15) is 0 Å². The summed E-state index contributed by atoms with van der Waals surface area (Å²) < 4.78 is 13.0. The summed E-state index contributed by atoms with van der Waals surface area (Å²) in [5.41, 5.74) is 5.84. The fraction of sp³-hybridized carbons (Fsp3) is 0.394. The van der Waals surface area contributed by atoms with Gasteiger partial charge in [0.2, 0.25) is 11.8 Å². The number of aliphatic hydroxyl groups is 1. The van der Waals surface area contributed by atoms with E-state index in [-0.39, 0.29) is 43.3 Å². The molecule has 0 bridgehead atoms. The number of nitro benzene ring substituents is 1. The molecule has 5 rings (SSSR count). The maximum atomic E-state index is 12.3. The van der Waals surface area contributed by atoms with Gasteiger partial charge in [0.05, 0.1) is 23.7 Å². The minimum atomic E-state index is -0.635. The Morgan fingerprint density at radius 1 is 0.870 bits per heavy atom. The van der Waals surface area contributed by atoms with Gasteiger partial charge in [-0.3, -0.25) is 29.8 Å². The summed E-state index contributed by atoms with van der Waals surface area (Å²) in [6, 6.07) is 21.7. The largest absolute Gasteiger partial charge is 0.392 e. The molecule has 2 fully saturated rings. The summed E-state index contributed by atoms with van der Waals surface area (Å²) >= 11 is 0. The van der Waals surface area contributed by atoms with Crippen LogP contribution in [0.25, 0.3) is 0 Å². The number of hydrogen-bond donors (Lipinski definition) is 4. The lowest BCUT2D eigenvalue weighted by atomic mass is 9.99. The van der Waals surface area contributed by atoms with E-state index >= 15 is 0 Å². The van der Waals surface area contributed by atoms with Crippen molar-refractivity contribution in [1.29, 1.82) is 0 Å². The van der Waals surface area contributed by atoms with Crippen LogP contribution in [0.4, 0.5) is 17.1 Å². The fourth-order valence-electron chi connectivity index (χ4n) is 5.71. The smallest absolute Gasteiger partial charge is 0.269 e. The minimum absolute atomic E-state index is 0.0348. The van der Waals surface area contributed by atoms with E-state index in [2.05, 4.69) is 15.1 Å². The third-order valence-electron chi connectivity index (χ3n) is 8.27. The first-order valence-corrected chi connectivity index (χ1v) is 15.4. The number of nitrogens with zero attached hydrogens (tertiary/aromatic N) is 3. The molecule has 3 unspecified atom stereocenters. The van der Waals surface area contributed by atoms with Crippen LogP contribution in [0, 0.1) is 10.1 Å². The normalized spacial score (nSPS) is 20.2. The van der Waals surface area contributed by atoms with Gasteiger partial charge in [0, 0.05) is 81.1 Å². The molecule has 3 aromatic carbocycles. The highest BCUT2D eigenvalue weighted by Gasteiger charge is 2.34. The maximum Gasteiger partial charge on any atom is 0.269 e. The lowest BCUT2D eigenvalue weighted by Gasteiger charge is -2.41. The summed E-state index contributed by atoms with van der Waals surface area (Å²) in [5.74, 6) is -0.765. The van der Waals surface area contributed by atoms with E-state index in [1.165, 1.54) is 12.1 Å². The van der Waals surface area contributed by atoms with Crippen LogP contribution in [0.3, 0.4) is 0 Å². The van der Waals surface area contributed by atoms with Crippen LogP contribution in [0.15, 0.2) is 72.8 Å². The number of rotatable bonds is 12.